The molecule has 0 aliphatic rings. The van der Waals surface area contributed by atoms with Crippen LogP contribution in [0.2, 0.25) is 5.02 Å². The van der Waals surface area contributed by atoms with Gasteiger partial charge in [0.25, 0.3) is 5.91 Å². The summed E-state index contributed by atoms with van der Waals surface area (Å²) in [6.07, 6.45) is 1.56. The van der Waals surface area contributed by atoms with E-state index in [1.54, 1.807) is 25.4 Å². The van der Waals surface area contributed by atoms with Crippen molar-refractivity contribution in [2.45, 2.75) is 13.1 Å². The number of methoxy groups -OCH3 is 1. The minimum absolute atomic E-state index is 0.183. The van der Waals surface area contributed by atoms with Crippen molar-refractivity contribution in [2.75, 3.05) is 12.4 Å². The lowest BCUT2D eigenvalue weighted by Gasteiger charge is -2.10. The molecule has 3 rings (SSSR count). The first-order chi connectivity index (χ1) is 13.2. The largest absolute Gasteiger partial charge is 0.496 e. The van der Waals surface area contributed by atoms with Crippen LogP contribution < -0.4 is 15.4 Å². The highest BCUT2D eigenvalue weighted by Crippen LogP contribution is 2.17. The number of para-hydroxylation sites is 1. The molecule has 2 aromatic carbocycles. The third-order valence-electron chi connectivity index (χ3n) is 4.04. The Balaban J connectivity index is 1.54. The molecule has 0 fully saturated rings. The SMILES string of the molecule is COc1ccccc1CNC(=O)c1ccc(NCc2ccc(Cl)cc2)nc1. The molecular formula is C21H20ClN3O2. The Bertz CT molecular complexity index is 896. The molecule has 0 radical (unpaired) electrons. The van der Waals surface area contributed by atoms with Crippen molar-refractivity contribution in [2.24, 2.45) is 0 Å². The zero-order valence-corrected chi connectivity index (χ0v) is 15.7. The summed E-state index contributed by atoms with van der Waals surface area (Å²) in [5.41, 5.74) is 2.52. The third kappa shape index (κ3) is 5.21. The van der Waals surface area contributed by atoms with Gasteiger partial charge in [0, 0.05) is 29.9 Å². The number of aromatic nitrogens is 1. The Labute approximate surface area is 163 Å². The van der Waals surface area contributed by atoms with Crippen LogP contribution in [-0.2, 0) is 13.1 Å². The maximum absolute atomic E-state index is 12.3. The van der Waals surface area contributed by atoms with Crippen molar-refractivity contribution in [1.82, 2.24) is 10.3 Å². The van der Waals surface area contributed by atoms with Gasteiger partial charge in [0.05, 0.1) is 12.7 Å². The highest BCUT2D eigenvalue weighted by atomic mass is 35.5. The number of ether oxygens (including phenoxy) is 1. The number of carbonyl (C=O) groups excluding carboxylic acids is 1. The quantitative estimate of drug-likeness (QED) is 0.641. The number of rotatable bonds is 7. The summed E-state index contributed by atoms with van der Waals surface area (Å²) >= 11 is 5.88. The van der Waals surface area contributed by atoms with E-state index in [1.165, 1.54) is 0 Å². The molecular weight excluding hydrogens is 362 g/mol. The second-order valence-corrected chi connectivity index (χ2v) is 6.34. The standard InChI is InChI=1S/C21H20ClN3O2/c1-27-19-5-3-2-4-16(19)13-25-21(26)17-8-11-20(24-14-17)23-12-15-6-9-18(22)10-7-15/h2-11,14H,12-13H2,1H3,(H,23,24)(H,25,26). The Morgan fingerprint density at radius 1 is 1.04 bits per heavy atom. The van der Waals surface area contributed by atoms with Crippen LogP contribution in [0.5, 0.6) is 5.75 Å². The molecule has 0 spiro atoms. The van der Waals surface area contributed by atoms with E-state index < -0.39 is 0 Å². The Morgan fingerprint density at radius 3 is 2.52 bits per heavy atom. The van der Waals surface area contributed by atoms with E-state index >= 15 is 0 Å². The summed E-state index contributed by atoms with van der Waals surface area (Å²) in [5.74, 6) is 1.27. The number of amides is 1. The first-order valence-corrected chi connectivity index (χ1v) is 8.88. The molecule has 0 aliphatic carbocycles. The van der Waals surface area contributed by atoms with Crippen molar-refractivity contribution in [3.8, 4) is 5.75 Å². The van der Waals surface area contributed by atoms with Crippen LogP contribution in [0.25, 0.3) is 0 Å². The van der Waals surface area contributed by atoms with Crippen molar-refractivity contribution < 1.29 is 9.53 Å². The molecule has 1 aromatic heterocycles. The van der Waals surface area contributed by atoms with Crippen molar-refractivity contribution >= 4 is 23.3 Å². The zero-order valence-electron chi connectivity index (χ0n) is 14.9. The second-order valence-electron chi connectivity index (χ2n) is 5.91. The number of nitrogens with zero attached hydrogens (tertiary/aromatic N) is 1. The van der Waals surface area contributed by atoms with E-state index in [9.17, 15) is 4.79 Å². The molecule has 2 N–H and O–H groups in total. The normalized spacial score (nSPS) is 10.3. The molecule has 0 atom stereocenters. The van der Waals surface area contributed by atoms with Crippen LogP contribution in [-0.4, -0.2) is 18.0 Å². The Hall–Kier alpha value is -3.05. The summed E-state index contributed by atoms with van der Waals surface area (Å²) in [6, 6.07) is 18.7. The smallest absolute Gasteiger partial charge is 0.253 e. The van der Waals surface area contributed by atoms with Gasteiger partial charge in [0.1, 0.15) is 11.6 Å². The lowest BCUT2D eigenvalue weighted by molar-refractivity contribution is 0.0950. The molecule has 27 heavy (non-hydrogen) atoms. The third-order valence-corrected chi connectivity index (χ3v) is 4.30. The Kier molecular flexibility index (Phi) is 6.28. The van der Waals surface area contributed by atoms with E-state index in [4.69, 9.17) is 16.3 Å². The van der Waals surface area contributed by atoms with E-state index in [2.05, 4.69) is 15.6 Å². The number of hydrogen-bond acceptors (Lipinski definition) is 4. The molecule has 0 saturated heterocycles. The minimum Gasteiger partial charge on any atom is -0.496 e. The highest BCUT2D eigenvalue weighted by molar-refractivity contribution is 6.30. The molecule has 1 amide bonds. The fraction of sp³-hybridized carbons (Fsp3) is 0.143. The van der Waals surface area contributed by atoms with E-state index in [-0.39, 0.29) is 5.91 Å². The Morgan fingerprint density at radius 2 is 1.81 bits per heavy atom. The van der Waals surface area contributed by atoms with E-state index in [0.29, 0.717) is 29.5 Å². The number of halogens is 1. The van der Waals surface area contributed by atoms with Gasteiger partial charge in [0.2, 0.25) is 0 Å². The minimum atomic E-state index is -0.183. The van der Waals surface area contributed by atoms with Gasteiger partial charge in [-0.3, -0.25) is 4.79 Å². The number of benzene rings is 2. The maximum atomic E-state index is 12.3. The lowest BCUT2D eigenvalue weighted by atomic mass is 10.2. The fourth-order valence-electron chi connectivity index (χ4n) is 2.55. The summed E-state index contributed by atoms with van der Waals surface area (Å²) < 4.78 is 5.29. The molecule has 6 heteroatoms. The molecule has 0 bridgehead atoms. The van der Waals surface area contributed by atoms with Gasteiger partial charge in [-0.2, -0.15) is 0 Å². The first-order valence-electron chi connectivity index (χ1n) is 8.50. The van der Waals surface area contributed by atoms with Crippen LogP contribution in [0.4, 0.5) is 5.82 Å². The summed E-state index contributed by atoms with van der Waals surface area (Å²) in [6.45, 7) is 1.02. The molecule has 0 unspecified atom stereocenters. The first kappa shape index (κ1) is 18.7. The van der Waals surface area contributed by atoms with Crippen LogP contribution in [0.15, 0.2) is 66.9 Å². The second kappa shape index (κ2) is 9.05. The van der Waals surface area contributed by atoms with Crippen molar-refractivity contribution in [3.63, 3.8) is 0 Å². The van der Waals surface area contributed by atoms with Gasteiger partial charge in [-0.05, 0) is 35.9 Å². The lowest BCUT2D eigenvalue weighted by Crippen LogP contribution is -2.23. The van der Waals surface area contributed by atoms with E-state index in [0.717, 1.165) is 16.9 Å². The topological polar surface area (TPSA) is 63.2 Å². The molecule has 1 heterocycles. The van der Waals surface area contributed by atoms with Crippen molar-refractivity contribution in [3.05, 3.63) is 88.6 Å². The van der Waals surface area contributed by atoms with E-state index in [1.807, 2.05) is 48.5 Å². The number of hydrogen-bond donors (Lipinski definition) is 2. The average molecular weight is 382 g/mol. The summed E-state index contributed by atoms with van der Waals surface area (Å²) in [7, 11) is 1.61. The van der Waals surface area contributed by atoms with Gasteiger partial charge in [-0.15, -0.1) is 0 Å². The summed E-state index contributed by atoms with van der Waals surface area (Å²) in [4.78, 5) is 16.6. The van der Waals surface area contributed by atoms with Crippen LogP contribution in [0.3, 0.4) is 0 Å². The predicted molar refractivity (Wildman–Crippen MR) is 107 cm³/mol. The molecule has 0 saturated carbocycles. The number of carbonyl (C=O) groups is 1. The molecule has 138 valence electrons. The summed E-state index contributed by atoms with van der Waals surface area (Å²) in [5, 5.41) is 6.81. The average Bonchev–Trinajstić information content (AvgIpc) is 2.72. The molecule has 3 aromatic rings. The maximum Gasteiger partial charge on any atom is 0.253 e. The van der Waals surface area contributed by atoms with Crippen LogP contribution in [0, 0.1) is 0 Å². The number of nitrogens with one attached hydrogen (secondary N) is 2. The van der Waals surface area contributed by atoms with Gasteiger partial charge in [0.15, 0.2) is 0 Å². The highest BCUT2D eigenvalue weighted by Gasteiger charge is 2.08. The van der Waals surface area contributed by atoms with Gasteiger partial charge >= 0.3 is 0 Å². The fourth-order valence-corrected chi connectivity index (χ4v) is 2.68. The van der Waals surface area contributed by atoms with Gasteiger partial charge < -0.3 is 15.4 Å². The molecule has 5 nitrogen and oxygen atoms in total. The number of anilines is 1. The molecule has 0 aliphatic heterocycles. The predicted octanol–water partition coefficient (Wildman–Crippen LogP) is 4.29. The van der Waals surface area contributed by atoms with Crippen molar-refractivity contribution in [1.29, 1.82) is 0 Å². The monoisotopic (exact) mass is 381 g/mol. The van der Waals surface area contributed by atoms with Crippen LogP contribution >= 0.6 is 11.6 Å². The van der Waals surface area contributed by atoms with Gasteiger partial charge in [-0.1, -0.05) is 41.9 Å². The number of pyridine rings is 1. The van der Waals surface area contributed by atoms with Crippen LogP contribution in [0.1, 0.15) is 21.5 Å². The van der Waals surface area contributed by atoms with Gasteiger partial charge in [-0.25, -0.2) is 4.98 Å². The zero-order chi connectivity index (χ0) is 19.1.